The zero-order chi connectivity index (χ0) is 12.5. The summed E-state index contributed by atoms with van der Waals surface area (Å²) < 4.78 is 2.95. The maximum absolute atomic E-state index is 12.1. The van der Waals surface area contributed by atoms with Gasteiger partial charge in [-0.1, -0.05) is 5.21 Å². The number of nitrogens with zero attached hydrogens (tertiary/aromatic N) is 5. The second-order valence-electron chi connectivity index (χ2n) is 4.77. The van der Waals surface area contributed by atoms with Gasteiger partial charge in [0, 0.05) is 13.6 Å². The van der Waals surface area contributed by atoms with Gasteiger partial charge in [0.1, 0.15) is 5.39 Å². The zero-order valence-electron chi connectivity index (χ0n) is 10.3. The minimum absolute atomic E-state index is 0.124. The smallest absolute Gasteiger partial charge is 0.280 e. The fraction of sp³-hybridized carbons (Fsp3) is 0.636. The molecule has 2 aromatic heterocycles. The van der Waals surface area contributed by atoms with Gasteiger partial charge in [-0.3, -0.25) is 4.79 Å². The molecule has 96 valence electrons. The second-order valence-corrected chi connectivity index (χ2v) is 4.77. The molecule has 0 aliphatic heterocycles. The van der Waals surface area contributed by atoms with E-state index in [0.717, 1.165) is 19.0 Å². The highest BCUT2D eigenvalue weighted by Crippen LogP contribution is 2.27. The third-order valence-corrected chi connectivity index (χ3v) is 3.25. The summed E-state index contributed by atoms with van der Waals surface area (Å²) in [5.41, 5.74) is 0.406. The Morgan fingerprint density at radius 1 is 1.50 bits per heavy atom. The predicted octanol–water partition coefficient (Wildman–Crippen LogP) is -0.475. The SMILES string of the molecule is Cn1ncc2c(=O)n(CCNCC3CC3)nnc21. The van der Waals surface area contributed by atoms with Crippen molar-refractivity contribution in [1.29, 1.82) is 0 Å². The summed E-state index contributed by atoms with van der Waals surface area (Å²) in [6.45, 7) is 2.33. The monoisotopic (exact) mass is 248 g/mol. The molecule has 1 fully saturated rings. The molecule has 1 saturated carbocycles. The van der Waals surface area contributed by atoms with Crippen LogP contribution in [-0.4, -0.2) is 37.9 Å². The van der Waals surface area contributed by atoms with Crippen molar-refractivity contribution in [3.8, 4) is 0 Å². The summed E-state index contributed by atoms with van der Waals surface area (Å²) in [6, 6.07) is 0. The highest BCUT2D eigenvalue weighted by atomic mass is 16.1. The molecule has 0 unspecified atom stereocenters. The first kappa shape index (κ1) is 11.3. The van der Waals surface area contributed by atoms with Crippen LogP contribution < -0.4 is 10.9 Å². The quantitative estimate of drug-likeness (QED) is 0.723. The molecule has 1 aliphatic carbocycles. The van der Waals surface area contributed by atoms with Crippen LogP contribution in [0.5, 0.6) is 0 Å². The summed E-state index contributed by atoms with van der Waals surface area (Å²) in [5.74, 6) is 0.841. The molecular weight excluding hydrogens is 232 g/mol. The van der Waals surface area contributed by atoms with E-state index in [1.165, 1.54) is 17.5 Å². The Bertz CT molecular complexity index is 612. The molecule has 2 aromatic rings. The molecule has 0 atom stereocenters. The van der Waals surface area contributed by atoms with Crippen LogP contribution >= 0.6 is 0 Å². The van der Waals surface area contributed by atoms with Crippen molar-refractivity contribution < 1.29 is 0 Å². The summed E-state index contributed by atoms with van der Waals surface area (Å²) in [7, 11) is 1.75. The summed E-state index contributed by atoms with van der Waals surface area (Å²) in [5, 5.41) is 15.8. The topological polar surface area (TPSA) is 77.6 Å². The maximum atomic E-state index is 12.1. The van der Waals surface area contributed by atoms with Crippen molar-refractivity contribution >= 4 is 11.0 Å². The minimum Gasteiger partial charge on any atom is -0.315 e. The number of rotatable bonds is 5. The zero-order valence-corrected chi connectivity index (χ0v) is 10.3. The van der Waals surface area contributed by atoms with Gasteiger partial charge in [0.15, 0.2) is 5.65 Å². The second kappa shape index (κ2) is 4.49. The average molecular weight is 248 g/mol. The Kier molecular flexibility index (Phi) is 2.83. The Balaban J connectivity index is 1.71. The van der Waals surface area contributed by atoms with E-state index in [4.69, 9.17) is 0 Å². The molecule has 2 heterocycles. The number of fused-ring (bicyclic) bond motifs is 1. The summed E-state index contributed by atoms with van der Waals surface area (Å²) >= 11 is 0. The van der Waals surface area contributed by atoms with Crippen molar-refractivity contribution in [2.45, 2.75) is 19.4 Å². The predicted molar refractivity (Wildman–Crippen MR) is 66.2 cm³/mol. The highest BCUT2D eigenvalue weighted by Gasteiger charge is 2.20. The fourth-order valence-corrected chi connectivity index (χ4v) is 1.94. The highest BCUT2D eigenvalue weighted by molar-refractivity contribution is 5.72. The number of nitrogens with one attached hydrogen (secondary N) is 1. The first-order valence-corrected chi connectivity index (χ1v) is 6.22. The molecule has 18 heavy (non-hydrogen) atoms. The molecule has 0 spiro atoms. The van der Waals surface area contributed by atoms with E-state index in [1.807, 2.05) is 0 Å². The van der Waals surface area contributed by atoms with Crippen LogP contribution in [0.3, 0.4) is 0 Å². The lowest BCUT2D eigenvalue weighted by molar-refractivity contribution is 0.505. The number of aromatic nitrogens is 5. The van der Waals surface area contributed by atoms with Gasteiger partial charge in [-0.2, -0.15) is 5.10 Å². The van der Waals surface area contributed by atoms with Gasteiger partial charge in [-0.05, 0) is 25.3 Å². The van der Waals surface area contributed by atoms with E-state index in [-0.39, 0.29) is 5.56 Å². The normalized spacial score (nSPS) is 15.4. The number of hydrogen-bond donors (Lipinski definition) is 1. The Labute approximate surface area is 104 Å². The summed E-state index contributed by atoms with van der Waals surface area (Å²) in [4.78, 5) is 12.1. The van der Waals surface area contributed by atoms with Crippen LogP contribution in [0, 0.1) is 5.92 Å². The van der Waals surface area contributed by atoms with Crippen molar-refractivity contribution in [3.63, 3.8) is 0 Å². The van der Waals surface area contributed by atoms with Gasteiger partial charge >= 0.3 is 0 Å². The van der Waals surface area contributed by atoms with Crippen LogP contribution in [0.4, 0.5) is 0 Å². The van der Waals surface area contributed by atoms with Gasteiger partial charge in [0.25, 0.3) is 5.56 Å². The Morgan fingerprint density at radius 3 is 3.11 bits per heavy atom. The van der Waals surface area contributed by atoms with E-state index in [9.17, 15) is 4.79 Å². The van der Waals surface area contributed by atoms with Gasteiger partial charge in [0.2, 0.25) is 0 Å². The molecule has 1 N–H and O–H groups in total. The van der Waals surface area contributed by atoms with Gasteiger partial charge in [0.05, 0.1) is 12.7 Å². The molecule has 7 nitrogen and oxygen atoms in total. The van der Waals surface area contributed by atoms with E-state index in [0.29, 0.717) is 17.6 Å². The van der Waals surface area contributed by atoms with Crippen molar-refractivity contribution in [1.82, 2.24) is 30.1 Å². The van der Waals surface area contributed by atoms with Crippen molar-refractivity contribution in [3.05, 3.63) is 16.6 Å². The van der Waals surface area contributed by atoms with Crippen LogP contribution in [0.1, 0.15) is 12.8 Å². The molecule has 3 rings (SSSR count). The molecule has 0 aromatic carbocycles. The first-order chi connectivity index (χ1) is 8.75. The van der Waals surface area contributed by atoms with Crippen LogP contribution in [0.2, 0.25) is 0 Å². The van der Waals surface area contributed by atoms with E-state index < -0.39 is 0 Å². The van der Waals surface area contributed by atoms with Crippen LogP contribution in [0.15, 0.2) is 11.0 Å². The van der Waals surface area contributed by atoms with Gasteiger partial charge in [-0.15, -0.1) is 5.10 Å². The molecular formula is C11H16N6O. The third-order valence-electron chi connectivity index (χ3n) is 3.25. The van der Waals surface area contributed by atoms with Gasteiger partial charge in [-0.25, -0.2) is 9.36 Å². The lowest BCUT2D eigenvalue weighted by Crippen LogP contribution is -2.30. The molecule has 7 heteroatoms. The fourth-order valence-electron chi connectivity index (χ4n) is 1.94. The van der Waals surface area contributed by atoms with Gasteiger partial charge < -0.3 is 5.32 Å². The molecule has 1 aliphatic rings. The molecule has 0 amide bonds. The van der Waals surface area contributed by atoms with E-state index in [2.05, 4.69) is 20.7 Å². The average Bonchev–Trinajstić information content (AvgIpc) is 3.11. The Hall–Kier alpha value is -1.76. The van der Waals surface area contributed by atoms with Crippen molar-refractivity contribution in [2.75, 3.05) is 13.1 Å². The molecule has 0 saturated heterocycles. The van der Waals surface area contributed by atoms with Crippen LogP contribution in [0.25, 0.3) is 11.0 Å². The third kappa shape index (κ3) is 2.13. The van der Waals surface area contributed by atoms with E-state index in [1.54, 1.807) is 17.9 Å². The minimum atomic E-state index is -0.124. The lowest BCUT2D eigenvalue weighted by atomic mass is 10.4. The number of hydrogen-bond acceptors (Lipinski definition) is 5. The molecule has 0 radical (unpaired) electrons. The lowest BCUT2D eigenvalue weighted by Gasteiger charge is -2.04. The van der Waals surface area contributed by atoms with Crippen LogP contribution in [-0.2, 0) is 13.6 Å². The standard InChI is InChI=1S/C11H16N6O/c1-16-10-9(7-13-16)11(18)17(15-14-10)5-4-12-6-8-2-3-8/h7-8,12H,2-6H2,1H3. The van der Waals surface area contributed by atoms with Crippen molar-refractivity contribution in [2.24, 2.45) is 13.0 Å². The number of aryl methyl sites for hydroxylation is 1. The summed E-state index contributed by atoms with van der Waals surface area (Å²) in [6.07, 6.45) is 4.20. The first-order valence-electron chi connectivity index (χ1n) is 6.22. The maximum Gasteiger partial charge on any atom is 0.280 e. The Morgan fingerprint density at radius 2 is 2.33 bits per heavy atom. The van der Waals surface area contributed by atoms with E-state index >= 15 is 0 Å². The largest absolute Gasteiger partial charge is 0.315 e. The molecule has 0 bridgehead atoms.